The van der Waals surface area contributed by atoms with Gasteiger partial charge in [0.2, 0.25) is 0 Å². The van der Waals surface area contributed by atoms with Crippen LogP contribution < -0.4 is 5.32 Å². The van der Waals surface area contributed by atoms with Crippen molar-refractivity contribution in [1.29, 1.82) is 0 Å². The van der Waals surface area contributed by atoms with Crippen molar-refractivity contribution in [3.63, 3.8) is 0 Å². The molecule has 4 rings (SSSR count). The first kappa shape index (κ1) is 26.0. The average Bonchev–Trinajstić information content (AvgIpc) is 3.27. The summed E-state index contributed by atoms with van der Waals surface area (Å²) in [5, 5.41) is 28.8. The Morgan fingerprint density at radius 2 is 1.88 bits per heavy atom. The van der Waals surface area contributed by atoms with E-state index in [1.54, 1.807) is 6.07 Å². The summed E-state index contributed by atoms with van der Waals surface area (Å²) >= 11 is 6.23. The van der Waals surface area contributed by atoms with Gasteiger partial charge >= 0.3 is 15.2 Å². The molecule has 2 aromatic heterocycles. The summed E-state index contributed by atoms with van der Waals surface area (Å²) in [5.41, 5.74) is 1.31. The van der Waals surface area contributed by atoms with Crippen LogP contribution in [0.4, 0.5) is 5.69 Å². The summed E-state index contributed by atoms with van der Waals surface area (Å²) in [6.45, 7) is -0.686. The zero-order valence-electron chi connectivity index (χ0n) is 18.0. The predicted molar refractivity (Wildman–Crippen MR) is 121 cm³/mol. The summed E-state index contributed by atoms with van der Waals surface area (Å²) < 4.78 is 34.7. The highest BCUT2D eigenvalue weighted by Crippen LogP contribution is 2.55. The maximum absolute atomic E-state index is 11.9. The number of aliphatic hydroxyl groups is 2. The Balaban J connectivity index is 1.52. The molecule has 6 N–H and O–H groups in total. The first-order valence-corrected chi connectivity index (χ1v) is 14.7. The molecule has 190 valence electrons. The van der Waals surface area contributed by atoms with Gasteiger partial charge in [-0.1, -0.05) is 30.9 Å². The van der Waals surface area contributed by atoms with Crippen LogP contribution in [0.5, 0.6) is 0 Å². The number of hydrogen-bond acceptors (Lipinski definition) is 9. The number of anilines is 1. The smallest absolute Gasteiger partial charge is 0.340 e. The third-order valence-electron chi connectivity index (χ3n) is 5.88. The van der Waals surface area contributed by atoms with Gasteiger partial charge in [-0.2, -0.15) is 5.10 Å². The number of nitrogens with one attached hydrogen (secondary N) is 1. The van der Waals surface area contributed by atoms with Crippen molar-refractivity contribution in [2.45, 2.75) is 62.6 Å². The molecule has 34 heavy (non-hydrogen) atoms. The van der Waals surface area contributed by atoms with Crippen molar-refractivity contribution in [2.75, 3.05) is 17.8 Å². The molecule has 1 saturated heterocycles. The minimum absolute atomic E-state index is 0.153. The fourth-order valence-corrected chi connectivity index (χ4v) is 7.06. The molecule has 2 fully saturated rings. The van der Waals surface area contributed by atoms with Crippen LogP contribution in [0.15, 0.2) is 12.3 Å². The quantitative estimate of drug-likeness (QED) is 0.265. The topological polar surface area (TPSA) is 196 Å². The van der Waals surface area contributed by atoms with E-state index in [0.29, 0.717) is 5.52 Å². The summed E-state index contributed by atoms with van der Waals surface area (Å²) in [4.78, 5) is 31.7. The largest absolute Gasteiger partial charge is 0.387 e. The zero-order chi connectivity index (χ0) is 24.7. The van der Waals surface area contributed by atoms with Crippen LogP contribution in [-0.2, 0) is 18.4 Å². The normalized spacial score (nSPS) is 28.3. The maximum atomic E-state index is 11.9. The molecule has 1 saturated carbocycles. The molecule has 1 aliphatic carbocycles. The number of aromatic nitrogens is 3. The van der Waals surface area contributed by atoms with E-state index < -0.39 is 52.1 Å². The average molecular weight is 541 g/mol. The number of aliphatic hydroxyl groups excluding tert-OH is 2. The van der Waals surface area contributed by atoms with Crippen LogP contribution >= 0.6 is 26.8 Å². The highest BCUT2D eigenvalue weighted by atomic mass is 35.5. The lowest BCUT2D eigenvalue weighted by Gasteiger charge is -2.24. The second-order valence-corrected chi connectivity index (χ2v) is 13.0. The van der Waals surface area contributed by atoms with Crippen molar-refractivity contribution in [2.24, 2.45) is 0 Å². The van der Waals surface area contributed by atoms with Crippen LogP contribution in [-0.4, -0.2) is 76.4 Å². The number of rotatable bonds is 8. The van der Waals surface area contributed by atoms with E-state index >= 15 is 0 Å². The minimum atomic E-state index is -4.81. The van der Waals surface area contributed by atoms with Crippen LogP contribution in [0.2, 0.25) is 5.15 Å². The highest BCUT2D eigenvalue weighted by Gasteiger charge is 2.46. The second kappa shape index (κ2) is 10.1. The number of fused-ring (bicyclic) bond motifs is 1. The number of ether oxygens (including phenoxy) is 1. The maximum Gasteiger partial charge on any atom is 0.340 e. The lowest BCUT2D eigenvalue weighted by molar-refractivity contribution is -0.0217. The lowest BCUT2D eigenvalue weighted by Crippen LogP contribution is -2.33. The van der Waals surface area contributed by atoms with Crippen molar-refractivity contribution in [3.8, 4) is 0 Å². The van der Waals surface area contributed by atoms with E-state index in [2.05, 4.69) is 15.4 Å². The Kier molecular flexibility index (Phi) is 7.71. The zero-order valence-corrected chi connectivity index (χ0v) is 20.5. The van der Waals surface area contributed by atoms with E-state index in [0.717, 1.165) is 31.4 Å². The molecular weight excluding hydrogens is 514 g/mol. The molecule has 13 nitrogen and oxygen atoms in total. The van der Waals surface area contributed by atoms with Gasteiger partial charge in [0, 0.05) is 12.1 Å². The fourth-order valence-electron chi connectivity index (χ4n) is 4.31. The van der Waals surface area contributed by atoms with Gasteiger partial charge in [0.05, 0.1) is 18.5 Å². The van der Waals surface area contributed by atoms with Crippen molar-refractivity contribution >= 4 is 38.0 Å². The van der Waals surface area contributed by atoms with Crippen molar-refractivity contribution < 1.29 is 43.3 Å². The SMILES string of the molecule is O=P(O)(O)CP(=O)(O)OC[C@H]1O[C@@H](c2ncc3c(NC4CCCCC4)cc(Cl)nn23)[C@H](O)[C@@H]1O. The number of imidazole rings is 1. The summed E-state index contributed by atoms with van der Waals surface area (Å²) in [6, 6.07) is 1.97. The fraction of sp³-hybridized carbons (Fsp3) is 0.667. The van der Waals surface area contributed by atoms with Gasteiger partial charge in [0.25, 0.3) is 0 Å². The lowest BCUT2D eigenvalue weighted by atomic mass is 9.95. The molecule has 0 aromatic carbocycles. The van der Waals surface area contributed by atoms with Crippen LogP contribution in [0.1, 0.15) is 44.0 Å². The van der Waals surface area contributed by atoms with E-state index in [1.165, 1.54) is 17.1 Å². The molecule has 0 amide bonds. The van der Waals surface area contributed by atoms with Gasteiger partial charge in [0.1, 0.15) is 29.9 Å². The predicted octanol–water partition coefficient (Wildman–Crippen LogP) is 1.63. The minimum Gasteiger partial charge on any atom is -0.387 e. The Bertz CT molecular complexity index is 1120. The summed E-state index contributed by atoms with van der Waals surface area (Å²) in [7, 11) is -9.47. The van der Waals surface area contributed by atoms with Gasteiger partial charge in [0.15, 0.2) is 16.9 Å². The van der Waals surface area contributed by atoms with Crippen molar-refractivity contribution in [3.05, 3.63) is 23.2 Å². The van der Waals surface area contributed by atoms with E-state index in [4.69, 9.17) is 30.6 Å². The molecule has 1 unspecified atom stereocenters. The second-order valence-electron chi connectivity index (χ2n) is 8.59. The standard InChI is InChI=1S/C18H27ClN4O9P2/c19-14-6-11(21-10-4-2-1-3-5-10)12-7-20-18(23(12)22-14)17-16(25)15(24)13(32-17)8-31-34(29,30)9-33(26,27)28/h6-7,10,13,15-17,21,24-25H,1-5,8-9H2,(H,29,30)(H2,26,27,28)/t13-,15-,16-,17-/m1/s1. The van der Waals surface area contributed by atoms with Gasteiger partial charge in [-0.15, -0.1) is 0 Å². The van der Waals surface area contributed by atoms with Crippen LogP contribution in [0, 0.1) is 0 Å². The molecule has 3 heterocycles. The molecule has 2 aliphatic rings. The molecule has 0 spiro atoms. The third-order valence-corrected chi connectivity index (χ3v) is 9.53. The van der Waals surface area contributed by atoms with E-state index in [9.17, 15) is 24.2 Å². The van der Waals surface area contributed by atoms with Crippen molar-refractivity contribution in [1.82, 2.24) is 14.6 Å². The Morgan fingerprint density at radius 3 is 2.56 bits per heavy atom. The molecule has 0 bridgehead atoms. The Hall–Kier alpha value is -1.11. The highest BCUT2D eigenvalue weighted by molar-refractivity contribution is 7.70. The molecule has 0 radical (unpaired) electrons. The number of halogens is 1. The van der Waals surface area contributed by atoms with Gasteiger partial charge in [-0.05, 0) is 12.8 Å². The monoisotopic (exact) mass is 540 g/mol. The van der Waals surface area contributed by atoms with E-state index in [-0.39, 0.29) is 17.0 Å². The van der Waals surface area contributed by atoms with Crippen LogP contribution in [0.3, 0.4) is 0 Å². The Morgan fingerprint density at radius 1 is 1.18 bits per heavy atom. The first-order valence-electron chi connectivity index (χ1n) is 10.8. The molecular formula is C18H27ClN4O9P2. The number of hydrogen-bond donors (Lipinski definition) is 6. The van der Waals surface area contributed by atoms with E-state index in [1.807, 2.05) is 0 Å². The molecule has 1 aliphatic heterocycles. The molecule has 16 heteroatoms. The molecule has 5 atom stereocenters. The van der Waals surface area contributed by atoms with Gasteiger partial charge < -0.3 is 39.5 Å². The first-order chi connectivity index (χ1) is 15.9. The van der Waals surface area contributed by atoms with Crippen LogP contribution in [0.25, 0.3) is 5.52 Å². The molecule has 2 aromatic rings. The van der Waals surface area contributed by atoms with Gasteiger partial charge in [-0.25, -0.2) is 9.50 Å². The Labute approximate surface area is 199 Å². The summed E-state index contributed by atoms with van der Waals surface area (Å²) in [6.07, 6.45) is 1.65. The number of nitrogens with zero attached hydrogens (tertiary/aromatic N) is 3. The third kappa shape index (κ3) is 5.99. The summed E-state index contributed by atoms with van der Waals surface area (Å²) in [5.74, 6) is -1.22. The van der Waals surface area contributed by atoms with Gasteiger partial charge in [-0.3, -0.25) is 9.13 Å².